The van der Waals surface area contributed by atoms with Crippen molar-refractivity contribution in [1.29, 1.82) is 0 Å². The van der Waals surface area contributed by atoms with E-state index in [2.05, 4.69) is 28.0 Å². The number of para-hydroxylation sites is 2. The molecule has 3 heterocycles. The Bertz CT molecular complexity index is 725. The lowest BCUT2D eigenvalue weighted by molar-refractivity contribution is -0.117. The molecule has 0 spiro atoms. The molecule has 0 unspecified atom stereocenters. The number of hydrogen-bond donors (Lipinski definition) is 0. The Morgan fingerprint density at radius 1 is 0.885 bits per heavy atom. The van der Waals surface area contributed by atoms with Crippen LogP contribution in [-0.2, 0) is 11.2 Å². The number of thiophene rings is 1. The molecule has 0 radical (unpaired) electrons. The highest BCUT2D eigenvalue weighted by molar-refractivity contribution is 7.10. The fourth-order valence-electron chi connectivity index (χ4n) is 4.02. The number of rotatable bonds is 5. The molecule has 0 aliphatic carbocycles. The summed E-state index contributed by atoms with van der Waals surface area (Å²) in [5, 5.41) is 2.04. The van der Waals surface area contributed by atoms with Gasteiger partial charge in [-0.3, -0.25) is 4.79 Å². The molecule has 1 saturated heterocycles. The zero-order chi connectivity index (χ0) is 17.8. The van der Waals surface area contributed by atoms with Gasteiger partial charge in [-0.25, -0.2) is 0 Å². The molecule has 2 aliphatic rings. The quantitative estimate of drug-likeness (QED) is 0.805. The van der Waals surface area contributed by atoms with E-state index in [4.69, 9.17) is 0 Å². The van der Waals surface area contributed by atoms with Crippen molar-refractivity contribution in [3.63, 3.8) is 0 Å². The van der Waals surface area contributed by atoms with Crippen molar-refractivity contribution in [1.82, 2.24) is 4.90 Å². The summed E-state index contributed by atoms with van der Waals surface area (Å²) in [4.78, 5) is 21.0. The van der Waals surface area contributed by atoms with Crippen LogP contribution in [0.3, 0.4) is 0 Å². The molecule has 1 aromatic carbocycles. The second kappa shape index (κ2) is 8.23. The van der Waals surface area contributed by atoms with Crippen LogP contribution >= 0.6 is 11.3 Å². The van der Waals surface area contributed by atoms with Crippen molar-refractivity contribution in [3.05, 3.63) is 46.7 Å². The molecule has 4 rings (SSSR count). The van der Waals surface area contributed by atoms with Gasteiger partial charge in [0.25, 0.3) is 0 Å². The zero-order valence-corrected chi connectivity index (χ0v) is 16.1. The number of benzene rings is 1. The maximum absolute atomic E-state index is 12.8. The van der Waals surface area contributed by atoms with Gasteiger partial charge in [0.15, 0.2) is 0 Å². The minimum absolute atomic E-state index is 0.204. The Labute approximate surface area is 160 Å². The molecule has 0 atom stereocenters. The molecule has 2 aromatic rings. The highest BCUT2D eigenvalue weighted by atomic mass is 32.1. The van der Waals surface area contributed by atoms with Crippen LogP contribution in [-0.4, -0.2) is 50.1 Å². The van der Waals surface area contributed by atoms with Crippen LogP contribution in [0.5, 0.6) is 0 Å². The van der Waals surface area contributed by atoms with Crippen LogP contribution in [0, 0.1) is 0 Å². The lowest BCUT2D eigenvalue weighted by atomic mass is 10.1. The average molecular weight is 370 g/mol. The first kappa shape index (κ1) is 17.6. The van der Waals surface area contributed by atoms with Crippen LogP contribution in [0.4, 0.5) is 11.4 Å². The SMILES string of the molecule is O=C(Cc1cccs1)N1CCN(CCN2CCCCC2)c2ccccc21. The van der Waals surface area contributed by atoms with E-state index >= 15 is 0 Å². The second-order valence-corrected chi connectivity index (χ2v) is 8.21. The molecule has 26 heavy (non-hydrogen) atoms. The Morgan fingerprint density at radius 2 is 1.69 bits per heavy atom. The smallest absolute Gasteiger partial charge is 0.232 e. The Balaban J connectivity index is 1.45. The van der Waals surface area contributed by atoms with Gasteiger partial charge in [0.1, 0.15) is 0 Å². The van der Waals surface area contributed by atoms with E-state index < -0.39 is 0 Å². The van der Waals surface area contributed by atoms with Gasteiger partial charge in [-0.2, -0.15) is 0 Å². The maximum Gasteiger partial charge on any atom is 0.232 e. The van der Waals surface area contributed by atoms with Gasteiger partial charge in [0, 0.05) is 31.1 Å². The van der Waals surface area contributed by atoms with Crippen LogP contribution in [0.2, 0.25) is 0 Å². The van der Waals surface area contributed by atoms with E-state index in [-0.39, 0.29) is 5.91 Å². The third kappa shape index (κ3) is 3.94. The Morgan fingerprint density at radius 3 is 2.46 bits per heavy atom. The third-order valence-electron chi connectivity index (χ3n) is 5.45. The summed E-state index contributed by atoms with van der Waals surface area (Å²) in [6.07, 6.45) is 4.55. The number of hydrogen-bond acceptors (Lipinski definition) is 4. The van der Waals surface area contributed by atoms with Gasteiger partial charge >= 0.3 is 0 Å². The molecular weight excluding hydrogens is 342 g/mol. The van der Waals surface area contributed by atoms with Crippen molar-refractivity contribution in [2.24, 2.45) is 0 Å². The van der Waals surface area contributed by atoms with Gasteiger partial charge in [0.2, 0.25) is 5.91 Å². The van der Waals surface area contributed by atoms with Gasteiger partial charge in [-0.15, -0.1) is 11.3 Å². The highest BCUT2D eigenvalue weighted by Gasteiger charge is 2.26. The number of anilines is 2. The second-order valence-electron chi connectivity index (χ2n) is 7.18. The minimum atomic E-state index is 0.204. The Kier molecular flexibility index (Phi) is 5.56. The summed E-state index contributed by atoms with van der Waals surface area (Å²) in [6.45, 7) is 6.34. The maximum atomic E-state index is 12.8. The van der Waals surface area contributed by atoms with Gasteiger partial charge in [0.05, 0.1) is 17.8 Å². The molecule has 1 aromatic heterocycles. The van der Waals surface area contributed by atoms with Crippen LogP contribution in [0.15, 0.2) is 41.8 Å². The van der Waals surface area contributed by atoms with Crippen molar-refractivity contribution in [3.8, 4) is 0 Å². The summed E-state index contributed by atoms with van der Waals surface area (Å²) in [6, 6.07) is 12.4. The van der Waals surface area contributed by atoms with E-state index in [1.165, 1.54) is 38.0 Å². The number of fused-ring (bicyclic) bond motifs is 1. The first-order chi connectivity index (χ1) is 12.8. The fraction of sp³-hybridized carbons (Fsp3) is 0.476. The number of nitrogens with zero attached hydrogens (tertiary/aromatic N) is 3. The van der Waals surface area contributed by atoms with Crippen molar-refractivity contribution in [2.45, 2.75) is 25.7 Å². The molecule has 1 fully saturated rings. The number of likely N-dealkylation sites (tertiary alicyclic amines) is 1. The number of carbonyl (C=O) groups is 1. The fourth-order valence-corrected chi connectivity index (χ4v) is 4.71. The topological polar surface area (TPSA) is 26.8 Å². The number of carbonyl (C=O) groups excluding carboxylic acids is 1. The molecule has 0 saturated carbocycles. The number of piperidine rings is 1. The minimum Gasteiger partial charge on any atom is -0.367 e. The van der Waals surface area contributed by atoms with E-state index in [9.17, 15) is 4.79 Å². The Hall–Kier alpha value is -1.85. The van der Waals surface area contributed by atoms with Crippen LogP contribution < -0.4 is 9.80 Å². The van der Waals surface area contributed by atoms with Crippen LogP contribution in [0.25, 0.3) is 0 Å². The number of amides is 1. The summed E-state index contributed by atoms with van der Waals surface area (Å²) in [5.74, 6) is 0.204. The molecule has 2 aliphatic heterocycles. The summed E-state index contributed by atoms with van der Waals surface area (Å²) >= 11 is 1.66. The standard InChI is InChI=1S/C21H27N3OS/c25-21(17-18-7-6-16-26-18)24-15-14-23(19-8-2-3-9-20(19)24)13-12-22-10-4-1-5-11-22/h2-3,6-9,16H,1,4-5,10-15,17H2. The van der Waals surface area contributed by atoms with Crippen LogP contribution in [0.1, 0.15) is 24.1 Å². The molecule has 1 amide bonds. The van der Waals surface area contributed by atoms with Crippen molar-refractivity contribution < 1.29 is 4.79 Å². The van der Waals surface area contributed by atoms with E-state index in [0.29, 0.717) is 6.42 Å². The first-order valence-corrected chi connectivity index (χ1v) is 10.6. The lowest BCUT2D eigenvalue weighted by Crippen LogP contribution is -2.47. The van der Waals surface area contributed by atoms with Gasteiger partial charge in [-0.1, -0.05) is 24.6 Å². The monoisotopic (exact) mass is 369 g/mol. The molecule has 0 N–H and O–H groups in total. The lowest BCUT2D eigenvalue weighted by Gasteiger charge is -2.39. The van der Waals surface area contributed by atoms with E-state index in [1.54, 1.807) is 11.3 Å². The summed E-state index contributed by atoms with van der Waals surface area (Å²) < 4.78 is 0. The molecular formula is C21H27N3OS. The molecule has 138 valence electrons. The predicted octanol–water partition coefficient (Wildman–Crippen LogP) is 3.63. The molecule has 5 heteroatoms. The normalized spacial score (nSPS) is 18.0. The summed E-state index contributed by atoms with van der Waals surface area (Å²) in [7, 11) is 0. The van der Waals surface area contributed by atoms with E-state index in [0.717, 1.165) is 36.7 Å². The van der Waals surface area contributed by atoms with Gasteiger partial charge in [-0.05, 0) is 49.5 Å². The zero-order valence-electron chi connectivity index (χ0n) is 15.3. The van der Waals surface area contributed by atoms with E-state index in [1.807, 2.05) is 28.5 Å². The molecule has 4 nitrogen and oxygen atoms in total. The summed E-state index contributed by atoms with van der Waals surface area (Å²) in [5.41, 5.74) is 2.27. The third-order valence-corrected chi connectivity index (χ3v) is 6.32. The van der Waals surface area contributed by atoms with Crippen molar-refractivity contribution in [2.75, 3.05) is 49.1 Å². The van der Waals surface area contributed by atoms with Crippen molar-refractivity contribution >= 4 is 28.6 Å². The molecule has 0 bridgehead atoms. The highest BCUT2D eigenvalue weighted by Crippen LogP contribution is 2.33. The first-order valence-electron chi connectivity index (χ1n) is 9.70. The largest absolute Gasteiger partial charge is 0.367 e. The predicted molar refractivity (Wildman–Crippen MR) is 109 cm³/mol. The average Bonchev–Trinajstić information content (AvgIpc) is 3.20. The van der Waals surface area contributed by atoms with Gasteiger partial charge < -0.3 is 14.7 Å².